The van der Waals surface area contributed by atoms with Crippen LogP contribution in [0.1, 0.15) is 58.1 Å². The van der Waals surface area contributed by atoms with Crippen LogP contribution in [0.5, 0.6) is 0 Å². The molecule has 1 aromatic carbocycles. The van der Waals surface area contributed by atoms with E-state index in [4.69, 9.17) is 0 Å². The molecule has 1 aliphatic heterocycles. The van der Waals surface area contributed by atoms with Gasteiger partial charge in [-0.15, -0.1) is 0 Å². The summed E-state index contributed by atoms with van der Waals surface area (Å²) in [6, 6.07) is 10.1. The molecule has 4 nitrogen and oxygen atoms in total. The maximum absolute atomic E-state index is 12.4. The molecule has 2 unspecified atom stereocenters. The van der Waals surface area contributed by atoms with Gasteiger partial charge in [0.15, 0.2) is 0 Å². The third-order valence-corrected chi connectivity index (χ3v) is 4.96. The van der Waals surface area contributed by atoms with Crippen molar-refractivity contribution in [3.63, 3.8) is 0 Å². The minimum absolute atomic E-state index is 0.0407. The summed E-state index contributed by atoms with van der Waals surface area (Å²) < 4.78 is 0. The van der Waals surface area contributed by atoms with Crippen molar-refractivity contribution in [3.05, 3.63) is 35.9 Å². The summed E-state index contributed by atoms with van der Waals surface area (Å²) in [7, 11) is 0. The van der Waals surface area contributed by atoms with Crippen molar-refractivity contribution in [2.45, 2.75) is 58.6 Å². The highest BCUT2D eigenvalue weighted by molar-refractivity contribution is 5.74. The normalized spacial score (nSPS) is 18.5. The number of nitrogens with zero attached hydrogens (tertiary/aromatic N) is 1. The van der Waals surface area contributed by atoms with Crippen LogP contribution in [-0.2, 0) is 0 Å². The highest BCUT2D eigenvalue weighted by Crippen LogP contribution is 2.30. The summed E-state index contributed by atoms with van der Waals surface area (Å²) in [6.07, 6.45) is 3.42. The van der Waals surface area contributed by atoms with E-state index in [0.29, 0.717) is 5.92 Å². The Morgan fingerprint density at radius 3 is 2.38 bits per heavy atom. The van der Waals surface area contributed by atoms with E-state index < -0.39 is 6.10 Å². The third kappa shape index (κ3) is 5.52. The van der Waals surface area contributed by atoms with Crippen LogP contribution in [0.3, 0.4) is 0 Å². The number of likely N-dealkylation sites (tertiary alicyclic amines) is 1. The average Bonchev–Trinajstić information content (AvgIpc) is 2.60. The van der Waals surface area contributed by atoms with E-state index in [1.807, 2.05) is 35.2 Å². The lowest BCUT2D eigenvalue weighted by Gasteiger charge is -2.35. The van der Waals surface area contributed by atoms with Crippen molar-refractivity contribution in [2.24, 2.45) is 11.8 Å². The highest BCUT2D eigenvalue weighted by atomic mass is 16.3. The van der Waals surface area contributed by atoms with Crippen LogP contribution in [0.2, 0.25) is 0 Å². The predicted octanol–water partition coefficient (Wildman–Crippen LogP) is 3.97. The van der Waals surface area contributed by atoms with Gasteiger partial charge in [0.05, 0.1) is 6.10 Å². The van der Waals surface area contributed by atoms with E-state index in [2.05, 4.69) is 26.1 Å². The van der Waals surface area contributed by atoms with Gasteiger partial charge in [-0.05, 0) is 50.0 Å². The molecule has 0 aromatic heterocycles. The molecular weight excluding hydrogens is 300 g/mol. The standard InChI is InChI=1S/C20H32N2O2/c1-15(2)9-10-16(3)21-20(24)22-13-11-18(12-14-22)19(23)17-7-5-4-6-8-17/h4-8,15-16,18-19,23H,9-14H2,1-3H3,(H,21,24). The van der Waals surface area contributed by atoms with Gasteiger partial charge in [-0.1, -0.05) is 44.2 Å². The van der Waals surface area contributed by atoms with Crippen LogP contribution < -0.4 is 5.32 Å². The second-order valence-electron chi connectivity index (χ2n) is 7.50. The van der Waals surface area contributed by atoms with Gasteiger partial charge in [-0.2, -0.15) is 0 Å². The average molecular weight is 332 g/mol. The molecule has 1 fully saturated rings. The Labute approximate surface area is 146 Å². The van der Waals surface area contributed by atoms with Gasteiger partial charge >= 0.3 is 6.03 Å². The molecule has 0 aliphatic carbocycles. The number of carbonyl (C=O) groups is 1. The number of nitrogens with one attached hydrogen (secondary N) is 1. The summed E-state index contributed by atoms with van der Waals surface area (Å²) in [5, 5.41) is 13.6. The third-order valence-electron chi connectivity index (χ3n) is 4.96. The van der Waals surface area contributed by atoms with Crippen molar-refractivity contribution in [2.75, 3.05) is 13.1 Å². The molecule has 2 N–H and O–H groups in total. The molecule has 2 rings (SSSR count). The predicted molar refractivity (Wildman–Crippen MR) is 97.8 cm³/mol. The van der Waals surface area contributed by atoms with Gasteiger partial charge in [0.2, 0.25) is 0 Å². The van der Waals surface area contributed by atoms with E-state index in [1.165, 1.54) is 0 Å². The van der Waals surface area contributed by atoms with Crippen molar-refractivity contribution in [1.82, 2.24) is 10.2 Å². The Balaban J connectivity index is 1.76. The molecule has 24 heavy (non-hydrogen) atoms. The molecule has 0 saturated carbocycles. The topological polar surface area (TPSA) is 52.6 Å². The Kier molecular flexibility index (Phi) is 7.10. The van der Waals surface area contributed by atoms with Gasteiger partial charge in [0, 0.05) is 19.1 Å². The number of hydrogen-bond donors (Lipinski definition) is 2. The van der Waals surface area contributed by atoms with Gasteiger partial charge in [-0.3, -0.25) is 0 Å². The Morgan fingerprint density at radius 2 is 1.79 bits per heavy atom. The zero-order valence-corrected chi connectivity index (χ0v) is 15.2. The monoisotopic (exact) mass is 332 g/mol. The van der Waals surface area contributed by atoms with Crippen LogP contribution in [0, 0.1) is 11.8 Å². The Bertz CT molecular complexity index is 496. The molecule has 1 heterocycles. The van der Waals surface area contributed by atoms with E-state index in [-0.39, 0.29) is 18.0 Å². The first-order valence-corrected chi connectivity index (χ1v) is 9.25. The van der Waals surface area contributed by atoms with Crippen LogP contribution >= 0.6 is 0 Å². The number of rotatable bonds is 6. The van der Waals surface area contributed by atoms with Crippen LogP contribution in [0.15, 0.2) is 30.3 Å². The van der Waals surface area contributed by atoms with E-state index in [9.17, 15) is 9.90 Å². The molecule has 4 heteroatoms. The number of hydrogen-bond acceptors (Lipinski definition) is 2. The van der Waals surface area contributed by atoms with Crippen molar-refractivity contribution >= 4 is 6.03 Å². The SMILES string of the molecule is CC(C)CCC(C)NC(=O)N1CCC(C(O)c2ccccc2)CC1. The number of piperidine rings is 1. The first-order valence-electron chi connectivity index (χ1n) is 9.25. The smallest absolute Gasteiger partial charge is 0.317 e. The molecule has 0 bridgehead atoms. The summed E-state index contributed by atoms with van der Waals surface area (Å²) >= 11 is 0. The number of urea groups is 1. The van der Waals surface area contributed by atoms with Crippen molar-refractivity contribution < 1.29 is 9.90 Å². The second-order valence-corrected chi connectivity index (χ2v) is 7.50. The lowest BCUT2D eigenvalue weighted by atomic mass is 9.87. The molecule has 1 saturated heterocycles. The maximum Gasteiger partial charge on any atom is 0.317 e. The van der Waals surface area contributed by atoms with Crippen LogP contribution in [0.4, 0.5) is 4.79 Å². The first-order chi connectivity index (χ1) is 11.5. The molecule has 134 valence electrons. The Hall–Kier alpha value is -1.55. The minimum Gasteiger partial charge on any atom is -0.388 e. The van der Waals surface area contributed by atoms with E-state index >= 15 is 0 Å². The number of aliphatic hydroxyl groups is 1. The fourth-order valence-corrected chi connectivity index (χ4v) is 3.30. The molecule has 1 aromatic rings. The quantitative estimate of drug-likeness (QED) is 0.828. The molecule has 1 aliphatic rings. The van der Waals surface area contributed by atoms with Crippen molar-refractivity contribution in [1.29, 1.82) is 0 Å². The van der Waals surface area contributed by atoms with Gasteiger partial charge < -0.3 is 15.3 Å². The number of carbonyl (C=O) groups excluding carboxylic acids is 1. The zero-order chi connectivity index (χ0) is 17.5. The fourth-order valence-electron chi connectivity index (χ4n) is 3.30. The number of amides is 2. The second kappa shape index (κ2) is 9.07. The van der Waals surface area contributed by atoms with Crippen molar-refractivity contribution in [3.8, 4) is 0 Å². The number of benzene rings is 1. The Morgan fingerprint density at radius 1 is 1.17 bits per heavy atom. The van der Waals surface area contributed by atoms with Gasteiger partial charge in [0.25, 0.3) is 0 Å². The molecule has 2 atom stereocenters. The summed E-state index contributed by atoms with van der Waals surface area (Å²) in [5.74, 6) is 0.898. The van der Waals surface area contributed by atoms with Gasteiger partial charge in [0.1, 0.15) is 0 Å². The number of aliphatic hydroxyl groups excluding tert-OH is 1. The lowest BCUT2D eigenvalue weighted by Crippen LogP contribution is -2.47. The minimum atomic E-state index is -0.429. The van der Waals surface area contributed by atoms with Crippen LogP contribution in [0.25, 0.3) is 0 Å². The summed E-state index contributed by atoms with van der Waals surface area (Å²) in [6.45, 7) is 7.93. The van der Waals surface area contributed by atoms with E-state index in [1.54, 1.807) is 0 Å². The fraction of sp³-hybridized carbons (Fsp3) is 0.650. The van der Waals surface area contributed by atoms with E-state index in [0.717, 1.165) is 44.3 Å². The maximum atomic E-state index is 12.4. The van der Waals surface area contributed by atoms with Gasteiger partial charge in [-0.25, -0.2) is 4.79 Å². The molecule has 0 spiro atoms. The lowest BCUT2D eigenvalue weighted by molar-refractivity contribution is 0.0661. The molecule has 2 amide bonds. The largest absolute Gasteiger partial charge is 0.388 e. The zero-order valence-electron chi connectivity index (χ0n) is 15.2. The molecular formula is C20H32N2O2. The first kappa shape index (κ1) is 18.8. The highest BCUT2D eigenvalue weighted by Gasteiger charge is 2.28. The van der Waals surface area contributed by atoms with Crippen LogP contribution in [-0.4, -0.2) is 35.2 Å². The molecule has 0 radical (unpaired) electrons. The summed E-state index contributed by atoms with van der Waals surface area (Å²) in [4.78, 5) is 14.2. The summed E-state index contributed by atoms with van der Waals surface area (Å²) in [5.41, 5.74) is 0.975.